The Morgan fingerprint density at radius 1 is 0.714 bits per heavy atom. The summed E-state index contributed by atoms with van der Waals surface area (Å²) in [6, 6.07) is 22.9. The van der Waals surface area contributed by atoms with Crippen LogP contribution in [0.25, 0.3) is 16.8 Å². The molecule has 3 aromatic rings. The molecule has 0 bridgehead atoms. The lowest BCUT2D eigenvalue weighted by molar-refractivity contribution is 0.478. The van der Waals surface area contributed by atoms with Crippen LogP contribution in [0.4, 0.5) is 0 Å². The molecule has 3 aromatic carbocycles. The average Bonchev–Trinajstić information content (AvgIpc) is 2.96. The Balaban J connectivity index is 0.000000133. The van der Waals surface area contributed by atoms with Crippen LogP contribution in [0.5, 0.6) is 0 Å². The lowest BCUT2D eigenvalue weighted by Crippen LogP contribution is -1.76. The highest BCUT2D eigenvalue weighted by Crippen LogP contribution is 2.29. The van der Waals surface area contributed by atoms with Crippen LogP contribution in [0.3, 0.4) is 0 Å². The molecule has 1 nitrogen and oxygen atoms in total. The number of hydrogen-bond donors (Lipinski definition) is 1. The number of hydrogen-bond acceptors (Lipinski definition) is 1. The highest BCUT2D eigenvalue weighted by molar-refractivity contribution is 5.90. The maximum absolute atomic E-state index is 8.34. The molecule has 104 valence electrons. The topological polar surface area (TPSA) is 20.2 Å². The second-order valence-electron chi connectivity index (χ2n) is 5.16. The molecule has 0 radical (unpaired) electrons. The van der Waals surface area contributed by atoms with Gasteiger partial charge in [0.15, 0.2) is 0 Å². The molecule has 0 aliphatic heterocycles. The van der Waals surface area contributed by atoms with Crippen molar-refractivity contribution in [3.8, 4) is 0 Å². The summed E-state index contributed by atoms with van der Waals surface area (Å²) in [6.45, 7) is 0. The minimum atomic E-state index is 1.01. The molecule has 0 heterocycles. The molecule has 0 spiro atoms. The fourth-order valence-corrected chi connectivity index (χ4v) is 2.84. The van der Waals surface area contributed by atoms with Gasteiger partial charge in [0.25, 0.3) is 0 Å². The largest absolute Gasteiger partial charge is 0.516 e. The van der Waals surface area contributed by atoms with Crippen molar-refractivity contribution in [1.29, 1.82) is 0 Å². The van der Waals surface area contributed by atoms with Crippen molar-refractivity contribution in [2.45, 2.75) is 12.8 Å². The van der Waals surface area contributed by atoms with E-state index in [0.29, 0.717) is 0 Å². The van der Waals surface area contributed by atoms with Crippen molar-refractivity contribution in [2.24, 2.45) is 0 Å². The van der Waals surface area contributed by atoms with Crippen LogP contribution in [-0.4, -0.2) is 5.11 Å². The third-order valence-corrected chi connectivity index (χ3v) is 3.81. The smallest absolute Gasteiger partial charge is 0.0797 e. The van der Waals surface area contributed by atoms with Crippen molar-refractivity contribution in [3.63, 3.8) is 0 Å². The minimum absolute atomic E-state index is 1.01. The predicted molar refractivity (Wildman–Crippen MR) is 89.5 cm³/mol. The molecule has 21 heavy (non-hydrogen) atoms. The van der Waals surface area contributed by atoms with Gasteiger partial charge in [-0.05, 0) is 46.4 Å². The van der Waals surface area contributed by atoms with E-state index in [1.165, 1.54) is 34.7 Å². The van der Waals surface area contributed by atoms with Crippen LogP contribution in [0.2, 0.25) is 0 Å². The van der Waals surface area contributed by atoms with Gasteiger partial charge in [0.1, 0.15) is 0 Å². The molecular formula is C20H18O. The number of aliphatic hydroxyl groups excluding tert-OH is 1. The Kier molecular flexibility index (Phi) is 4.02. The van der Waals surface area contributed by atoms with Gasteiger partial charge in [-0.25, -0.2) is 0 Å². The van der Waals surface area contributed by atoms with Gasteiger partial charge in [-0.2, -0.15) is 0 Å². The molecule has 0 atom stereocenters. The summed E-state index contributed by atoms with van der Waals surface area (Å²) in [5.74, 6) is 0. The third kappa shape index (κ3) is 2.97. The van der Waals surface area contributed by atoms with Crippen LogP contribution >= 0.6 is 0 Å². The summed E-state index contributed by atoms with van der Waals surface area (Å²) in [4.78, 5) is 0. The normalized spacial score (nSPS) is 12.4. The van der Waals surface area contributed by atoms with Gasteiger partial charge in [0.2, 0.25) is 0 Å². The van der Waals surface area contributed by atoms with Gasteiger partial charge in [-0.15, -0.1) is 0 Å². The van der Waals surface area contributed by atoms with Crippen LogP contribution < -0.4 is 0 Å². The molecular weight excluding hydrogens is 256 g/mol. The first kappa shape index (κ1) is 13.4. The van der Waals surface area contributed by atoms with E-state index in [9.17, 15) is 0 Å². The first-order chi connectivity index (χ1) is 10.4. The zero-order valence-electron chi connectivity index (χ0n) is 11.9. The van der Waals surface area contributed by atoms with Gasteiger partial charge in [-0.3, -0.25) is 0 Å². The summed E-state index contributed by atoms with van der Waals surface area (Å²) >= 11 is 0. The molecule has 1 N–H and O–H groups in total. The van der Waals surface area contributed by atoms with E-state index < -0.39 is 0 Å². The molecule has 0 saturated carbocycles. The fraction of sp³-hybridized carbons (Fsp3) is 0.100. The molecule has 1 heteroatoms. The number of aryl methyl sites for hydroxylation is 2. The maximum atomic E-state index is 8.34. The Hall–Kier alpha value is -2.54. The monoisotopic (exact) mass is 274 g/mol. The summed E-state index contributed by atoms with van der Waals surface area (Å²) in [7, 11) is 0. The van der Waals surface area contributed by atoms with Crippen molar-refractivity contribution < 1.29 is 5.11 Å². The van der Waals surface area contributed by atoms with E-state index in [2.05, 4.69) is 36.4 Å². The van der Waals surface area contributed by atoms with Gasteiger partial charge < -0.3 is 5.11 Å². The van der Waals surface area contributed by atoms with Gasteiger partial charge in [-0.1, -0.05) is 66.7 Å². The second-order valence-corrected chi connectivity index (χ2v) is 5.16. The third-order valence-electron chi connectivity index (χ3n) is 3.81. The minimum Gasteiger partial charge on any atom is -0.516 e. The quantitative estimate of drug-likeness (QED) is 0.608. The van der Waals surface area contributed by atoms with Crippen molar-refractivity contribution in [1.82, 2.24) is 0 Å². The number of benzene rings is 3. The van der Waals surface area contributed by atoms with E-state index in [1.54, 1.807) is 6.08 Å². The molecule has 0 fully saturated rings. The highest BCUT2D eigenvalue weighted by Gasteiger charge is 2.11. The number of rotatable bonds is 1. The fourth-order valence-electron chi connectivity index (χ4n) is 2.84. The standard InChI is InChI=1S/C12H10.C8H8O/c1-3-9-4-2-6-11-8-7-10(5-1)12(9)11;9-7-6-8-4-2-1-3-5-8/h1-6H,7-8H2;1-7,9H. The zero-order chi connectivity index (χ0) is 14.5. The summed E-state index contributed by atoms with van der Waals surface area (Å²) < 4.78 is 0. The summed E-state index contributed by atoms with van der Waals surface area (Å²) in [6.07, 6.45) is 5.14. The molecule has 0 unspecified atom stereocenters. The van der Waals surface area contributed by atoms with Crippen molar-refractivity contribution in [2.75, 3.05) is 0 Å². The Bertz CT molecular complexity index is 718. The lowest BCUT2D eigenvalue weighted by atomic mass is 10.1. The summed E-state index contributed by atoms with van der Waals surface area (Å²) in [5, 5.41) is 11.3. The summed E-state index contributed by atoms with van der Waals surface area (Å²) in [5.41, 5.74) is 4.08. The van der Waals surface area contributed by atoms with E-state index in [1.807, 2.05) is 30.3 Å². The Labute approximate surface area is 125 Å². The van der Waals surface area contributed by atoms with Crippen LogP contribution in [-0.2, 0) is 12.8 Å². The first-order valence-electron chi connectivity index (χ1n) is 7.24. The lowest BCUT2D eigenvalue weighted by Gasteiger charge is -1.99. The van der Waals surface area contributed by atoms with Gasteiger partial charge in [0.05, 0.1) is 6.26 Å². The number of aliphatic hydroxyl groups is 1. The molecule has 1 aliphatic rings. The Morgan fingerprint density at radius 2 is 1.33 bits per heavy atom. The van der Waals surface area contributed by atoms with Crippen LogP contribution in [0.1, 0.15) is 16.7 Å². The SMILES string of the molecule is OC=Cc1ccccc1.c1cc2c3c(cccc3c1)CC2. The van der Waals surface area contributed by atoms with Gasteiger partial charge in [0, 0.05) is 0 Å². The van der Waals surface area contributed by atoms with Gasteiger partial charge >= 0.3 is 0 Å². The van der Waals surface area contributed by atoms with E-state index in [0.717, 1.165) is 11.8 Å². The average molecular weight is 274 g/mol. The molecule has 0 amide bonds. The second kappa shape index (κ2) is 6.27. The van der Waals surface area contributed by atoms with Crippen molar-refractivity contribution in [3.05, 3.63) is 89.7 Å². The molecule has 4 rings (SSSR count). The van der Waals surface area contributed by atoms with Crippen LogP contribution in [0.15, 0.2) is 73.0 Å². The predicted octanol–water partition coefficient (Wildman–Crippen LogP) is 5.15. The van der Waals surface area contributed by atoms with Crippen LogP contribution in [0, 0.1) is 0 Å². The molecule has 0 saturated heterocycles. The van der Waals surface area contributed by atoms with E-state index >= 15 is 0 Å². The van der Waals surface area contributed by atoms with E-state index in [-0.39, 0.29) is 0 Å². The highest BCUT2D eigenvalue weighted by atomic mass is 16.2. The Morgan fingerprint density at radius 3 is 1.90 bits per heavy atom. The molecule has 1 aliphatic carbocycles. The van der Waals surface area contributed by atoms with E-state index in [4.69, 9.17) is 5.11 Å². The zero-order valence-corrected chi connectivity index (χ0v) is 11.9. The van der Waals surface area contributed by atoms with Crippen molar-refractivity contribution >= 4 is 16.8 Å². The first-order valence-corrected chi connectivity index (χ1v) is 7.24. The molecule has 0 aromatic heterocycles. The maximum Gasteiger partial charge on any atom is 0.0797 e.